The zero-order valence-corrected chi connectivity index (χ0v) is 12.2. The van der Waals surface area contributed by atoms with Gasteiger partial charge in [-0.1, -0.05) is 23.4 Å². The Labute approximate surface area is 128 Å². The molecule has 0 radical (unpaired) electrons. The molecule has 0 saturated carbocycles. The van der Waals surface area contributed by atoms with Gasteiger partial charge in [-0.2, -0.15) is 0 Å². The van der Waals surface area contributed by atoms with Gasteiger partial charge in [0.2, 0.25) is 0 Å². The maximum Gasteiger partial charge on any atom is 0.273 e. The molecule has 1 amide bonds. The molecule has 116 valence electrons. The Kier molecular flexibility index (Phi) is 4.70. The van der Waals surface area contributed by atoms with Crippen molar-refractivity contribution < 1.29 is 18.8 Å². The molecule has 3 rings (SSSR count). The number of ether oxygens (including phenoxy) is 2. The number of para-hydroxylation sites is 1. The lowest BCUT2D eigenvalue weighted by atomic mass is 10.1. The van der Waals surface area contributed by atoms with Gasteiger partial charge in [-0.25, -0.2) is 0 Å². The number of hydrogen-bond donors (Lipinski definition) is 1. The van der Waals surface area contributed by atoms with E-state index in [-0.39, 0.29) is 18.2 Å². The third-order valence-corrected chi connectivity index (χ3v) is 3.49. The van der Waals surface area contributed by atoms with Crippen LogP contribution in [0.15, 0.2) is 40.9 Å². The molecule has 22 heavy (non-hydrogen) atoms. The molecule has 1 aliphatic heterocycles. The van der Waals surface area contributed by atoms with E-state index in [4.69, 9.17) is 14.0 Å². The molecule has 0 aliphatic carbocycles. The largest absolute Gasteiger partial charge is 0.486 e. The van der Waals surface area contributed by atoms with Gasteiger partial charge in [0.25, 0.3) is 5.91 Å². The molecular formula is C16H18N2O4. The predicted octanol–water partition coefficient (Wildman–Crippen LogP) is 2.02. The van der Waals surface area contributed by atoms with Gasteiger partial charge < -0.3 is 19.3 Å². The van der Waals surface area contributed by atoms with Gasteiger partial charge in [-0.15, -0.1) is 0 Å². The highest BCUT2D eigenvalue weighted by molar-refractivity contribution is 5.92. The first-order valence-electron chi connectivity index (χ1n) is 7.30. The van der Waals surface area contributed by atoms with E-state index in [0.717, 1.165) is 18.8 Å². The number of hydrogen-bond acceptors (Lipinski definition) is 5. The number of nitrogens with zero attached hydrogens (tertiary/aromatic N) is 1. The van der Waals surface area contributed by atoms with Crippen molar-refractivity contribution in [2.24, 2.45) is 5.92 Å². The van der Waals surface area contributed by atoms with Crippen molar-refractivity contribution in [3.63, 3.8) is 0 Å². The first-order valence-corrected chi connectivity index (χ1v) is 7.30. The average molecular weight is 302 g/mol. The molecule has 1 atom stereocenters. The Morgan fingerprint density at radius 1 is 1.36 bits per heavy atom. The minimum absolute atomic E-state index is 0.235. The van der Waals surface area contributed by atoms with Crippen molar-refractivity contribution in [2.45, 2.75) is 13.0 Å². The molecule has 0 spiro atoms. The van der Waals surface area contributed by atoms with Crippen LogP contribution in [-0.4, -0.2) is 30.8 Å². The maximum atomic E-state index is 12.0. The van der Waals surface area contributed by atoms with Crippen molar-refractivity contribution >= 4 is 5.91 Å². The van der Waals surface area contributed by atoms with Crippen molar-refractivity contribution in [3.05, 3.63) is 47.9 Å². The van der Waals surface area contributed by atoms with Gasteiger partial charge in [0.1, 0.15) is 12.4 Å². The Bertz CT molecular complexity index is 606. The van der Waals surface area contributed by atoms with Crippen molar-refractivity contribution in [1.82, 2.24) is 10.5 Å². The van der Waals surface area contributed by atoms with Gasteiger partial charge >= 0.3 is 0 Å². The molecule has 2 aromatic rings. The summed E-state index contributed by atoms with van der Waals surface area (Å²) in [5, 5.41) is 6.62. The van der Waals surface area contributed by atoms with Crippen LogP contribution < -0.4 is 10.1 Å². The minimum atomic E-state index is -0.235. The topological polar surface area (TPSA) is 73.6 Å². The highest BCUT2D eigenvalue weighted by Gasteiger charge is 2.18. The third-order valence-electron chi connectivity index (χ3n) is 3.49. The Morgan fingerprint density at radius 3 is 3.00 bits per heavy atom. The average Bonchev–Trinajstić information content (AvgIpc) is 3.23. The second kappa shape index (κ2) is 7.09. The SMILES string of the molecule is O=C(NCC1CCOC1)c1cc(COc2ccccc2)on1. The maximum absolute atomic E-state index is 12.0. The second-order valence-electron chi connectivity index (χ2n) is 5.22. The minimum Gasteiger partial charge on any atom is -0.486 e. The van der Waals surface area contributed by atoms with Crippen LogP contribution in [0.4, 0.5) is 0 Å². The van der Waals surface area contributed by atoms with E-state index in [1.54, 1.807) is 6.07 Å². The molecule has 6 heteroatoms. The van der Waals surface area contributed by atoms with Crippen LogP contribution >= 0.6 is 0 Å². The Morgan fingerprint density at radius 2 is 2.23 bits per heavy atom. The van der Waals surface area contributed by atoms with E-state index < -0.39 is 0 Å². The standard InChI is InChI=1S/C16H18N2O4/c19-16(17-9-12-6-7-20-10-12)15-8-14(22-18-15)11-21-13-4-2-1-3-5-13/h1-5,8,12H,6-7,9-11H2,(H,17,19). The lowest BCUT2D eigenvalue weighted by Gasteiger charge is -2.07. The van der Waals surface area contributed by atoms with E-state index in [1.165, 1.54) is 0 Å². The summed E-state index contributed by atoms with van der Waals surface area (Å²) in [4.78, 5) is 12.0. The summed E-state index contributed by atoms with van der Waals surface area (Å²) in [7, 11) is 0. The van der Waals surface area contributed by atoms with Crippen LogP contribution in [-0.2, 0) is 11.3 Å². The number of carbonyl (C=O) groups excluding carboxylic acids is 1. The summed E-state index contributed by atoms with van der Waals surface area (Å²) < 4.78 is 15.9. The smallest absolute Gasteiger partial charge is 0.273 e. The Balaban J connectivity index is 1.48. The fraction of sp³-hybridized carbons (Fsp3) is 0.375. The van der Waals surface area contributed by atoms with Crippen molar-refractivity contribution in [2.75, 3.05) is 19.8 Å². The summed E-state index contributed by atoms with van der Waals surface area (Å²) in [6.45, 7) is 2.31. The second-order valence-corrected chi connectivity index (χ2v) is 5.22. The molecule has 1 aliphatic rings. The molecule has 6 nitrogen and oxygen atoms in total. The molecule has 1 aromatic heterocycles. The third kappa shape index (κ3) is 3.85. The molecule has 0 bridgehead atoms. The molecular weight excluding hydrogens is 284 g/mol. The van der Waals surface area contributed by atoms with Crippen LogP contribution in [0.5, 0.6) is 5.75 Å². The molecule has 1 saturated heterocycles. The summed E-state index contributed by atoms with van der Waals surface area (Å²) in [5.74, 6) is 1.41. The van der Waals surface area contributed by atoms with Crippen LogP contribution in [0, 0.1) is 5.92 Å². The molecule has 2 heterocycles. The zero-order chi connectivity index (χ0) is 15.2. The number of amides is 1. The van der Waals surface area contributed by atoms with Gasteiger partial charge in [0.15, 0.2) is 11.5 Å². The highest BCUT2D eigenvalue weighted by atomic mass is 16.5. The summed E-state index contributed by atoms with van der Waals surface area (Å²) in [6, 6.07) is 11.0. The van der Waals surface area contributed by atoms with E-state index in [0.29, 0.717) is 24.8 Å². The van der Waals surface area contributed by atoms with Crippen molar-refractivity contribution in [1.29, 1.82) is 0 Å². The van der Waals surface area contributed by atoms with Gasteiger partial charge in [0.05, 0.1) is 6.61 Å². The quantitative estimate of drug-likeness (QED) is 0.883. The first kappa shape index (κ1) is 14.6. The monoisotopic (exact) mass is 302 g/mol. The zero-order valence-electron chi connectivity index (χ0n) is 12.2. The van der Waals surface area contributed by atoms with Gasteiger partial charge in [0, 0.05) is 25.1 Å². The van der Waals surface area contributed by atoms with E-state index in [1.807, 2.05) is 30.3 Å². The lowest BCUT2D eigenvalue weighted by Crippen LogP contribution is -2.29. The fourth-order valence-corrected chi connectivity index (χ4v) is 2.23. The van der Waals surface area contributed by atoms with Crippen LogP contribution in [0.1, 0.15) is 22.7 Å². The normalized spacial score (nSPS) is 17.4. The number of carbonyl (C=O) groups is 1. The number of rotatable bonds is 6. The molecule has 1 fully saturated rings. The molecule has 1 aromatic carbocycles. The van der Waals surface area contributed by atoms with E-state index in [2.05, 4.69) is 10.5 Å². The molecule has 1 unspecified atom stereocenters. The number of aromatic nitrogens is 1. The van der Waals surface area contributed by atoms with E-state index in [9.17, 15) is 4.79 Å². The fourth-order valence-electron chi connectivity index (χ4n) is 2.23. The summed E-state index contributed by atoms with van der Waals surface area (Å²) >= 11 is 0. The Hall–Kier alpha value is -2.34. The highest BCUT2D eigenvalue weighted by Crippen LogP contribution is 2.13. The summed E-state index contributed by atoms with van der Waals surface area (Å²) in [5.41, 5.74) is 0.269. The predicted molar refractivity (Wildman–Crippen MR) is 78.5 cm³/mol. The van der Waals surface area contributed by atoms with E-state index >= 15 is 0 Å². The van der Waals surface area contributed by atoms with Gasteiger partial charge in [-0.3, -0.25) is 4.79 Å². The number of nitrogens with one attached hydrogen (secondary N) is 1. The summed E-state index contributed by atoms with van der Waals surface area (Å²) in [6.07, 6.45) is 0.981. The lowest BCUT2D eigenvalue weighted by molar-refractivity contribution is 0.0935. The van der Waals surface area contributed by atoms with Crippen LogP contribution in [0.3, 0.4) is 0 Å². The van der Waals surface area contributed by atoms with Crippen molar-refractivity contribution in [3.8, 4) is 5.75 Å². The van der Waals surface area contributed by atoms with Crippen LogP contribution in [0.2, 0.25) is 0 Å². The number of benzene rings is 1. The van der Waals surface area contributed by atoms with Gasteiger partial charge in [-0.05, 0) is 18.6 Å². The van der Waals surface area contributed by atoms with Crippen LogP contribution in [0.25, 0.3) is 0 Å². The first-order chi connectivity index (χ1) is 10.8. The molecule has 1 N–H and O–H groups in total.